The molecule has 0 aromatic heterocycles. The lowest BCUT2D eigenvalue weighted by atomic mass is 9.91. The average molecular weight is 320 g/mol. The SMILES string of the molecule is O=C(C1CC12CCNCC2)N(Cc1ccccc1)c1ccccc1. The van der Waals surface area contributed by atoms with E-state index in [9.17, 15) is 4.79 Å². The molecule has 1 N–H and O–H groups in total. The van der Waals surface area contributed by atoms with E-state index in [0.717, 1.165) is 38.0 Å². The maximum Gasteiger partial charge on any atom is 0.230 e. The van der Waals surface area contributed by atoms with Crippen LogP contribution in [0.25, 0.3) is 0 Å². The van der Waals surface area contributed by atoms with E-state index in [1.165, 1.54) is 5.56 Å². The third kappa shape index (κ3) is 2.96. The zero-order chi connectivity index (χ0) is 16.4. The van der Waals surface area contributed by atoms with Gasteiger partial charge in [0.1, 0.15) is 0 Å². The summed E-state index contributed by atoms with van der Waals surface area (Å²) in [4.78, 5) is 15.3. The summed E-state index contributed by atoms with van der Waals surface area (Å²) in [7, 11) is 0. The van der Waals surface area contributed by atoms with Gasteiger partial charge in [-0.1, -0.05) is 48.5 Å². The molecule has 2 fully saturated rings. The maximum atomic E-state index is 13.3. The molecule has 1 amide bonds. The number of para-hydroxylation sites is 1. The van der Waals surface area contributed by atoms with Crippen LogP contribution in [0.4, 0.5) is 5.69 Å². The molecule has 2 aromatic rings. The Morgan fingerprint density at radius 2 is 1.62 bits per heavy atom. The van der Waals surface area contributed by atoms with Crippen LogP contribution in [0.2, 0.25) is 0 Å². The van der Waals surface area contributed by atoms with Gasteiger partial charge in [-0.05, 0) is 55.5 Å². The van der Waals surface area contributed by atoms with Gasteiger partial charge in [-0.3, -0.25) is 4.79 Å². The molecule has 1 aliphatic carbocycles. The van der Waals surface area contributed by atoms with Crippen molar-refractivity contribution in [2.75, 3.05) is 18.0 Å². The molecule has 2 aliphatic rings. The van der Waals surface area contributed by atoms with Crippen molar-refractivity contribution >= 4 is 11.6 Å². The molecule has 3 heteroatoms. The van der Waals surface area contributed by atoms with Gasteiger partial charge >= 0.3 is 0 Å². The number of hydrogen-bond acceptors (Lipinski definition) is 2. The van der Waals surface area contributed by atoms with Gasteiger partial charge in [-0.15, -0.1) is 0 Å². The first-order valence-corrected chi connectivity index (χ1v) is 8.90. The lowest BCUT2D eigenvalue weighted by molar-refractivity contribution is -0.120. The first-order valence-electron chi connectivity index (χ1n) is 8.90. The minimum atomic E-state index is 0.198. The van der Waals surface area contributed by atoms with Crippen molar-refractivity contribution in [2.24, 2.45) is 11.3 Å². The number of amides is 1. The van der Waals surface area contributed by atoms with Gasteiger partial charge in [-0.25, -0.2) is 0 Å². The van der Waals surface area contributed by atoms with Crippen LogP contribution < -0.4 is 10.2 Å². The summed E-state index contributed by atoms with van der Waals surface area (Å²) in [6.45, 7) is 2.75. The van der Waals surface area contributed by atoms with E-state index in [1.807, 2.05) is 53.4 Å². The highest BCUT2D eigenvalue weighted by atomic mass is 16.2. The molecule has 3 nitrogen and oxygen atoms in total. The lowest BCUT2D eigenvalue weighted by Crippen LogP contribution is -2.36. The minimum Gasteiger partial charge on any atom is -0.317 e. The van der Waals surface area contributed by atoms with Gasteiger partial charge < -0.3 is 10.2 Å². The Balaban J connectivity index is 1.57. The zero-order valence-corrected chi connectivity index (χ0v) is 13.9. The summed E-state index contributed by atoms with van der Waals surface area (Å²) in [5.41, 5.74) is 2.45. The lowest BCUT2D eigenvalue weighted by Gasteiger charge is -2.27. The van der Waals surface area contributed by atoms with Crippen molar-refractivity contribution < 1.29 is 4.79 Å². The Morgan fingerprint density at radius 1 is 1.00 bits per heavy atom. The number of nitrogens with zero attached hydrogens (tertiary/aromatic N) is 1. The van der Waals surface area contributed by atoms with E-state index >= 15 is 0 Å². The Morgan fingerprint density at radius 3 is 2.29 bits per heavy atom. The molecular formula is C21H24N2O. The fourth-order valence-electron chi connectivity index (χ4n) is 4.03. The first kappa shape index (κ1) is 15.4. The van der Waals surface area contributed by atoms with E-state index in [0.29, 0.717) is 12.5 Å². The van der Waals surface area contributed by atoms with Gasteiger partial charge in [0, 0.05) is 11.6 Å². The first-order chi connectivity index (χ1) is 11.8. The molecule has 24 heavy (non-hydrogen) atoms. The second kappa shape index (κ2) is 6.40. The molecule has 1 aliphatic heterocycles. The minimum absolute atomic E-state index is 0.198. The summed E-state index contributed by atoms with van der Waals surface area (Å²) in [5.74, 6) is 0.496. The van der Waals surface area contributed by atoms with E-state index in [4.69, 9.17) is 0 Å². The van der Waals surface area contributed by atoms with Crippen LogP contribution in [-0.4, -0.2) is 19.0 Å². The van der Waals surface area contributed by atoms with Crippen LogP contribution in [0.5, 0.6) is 0 Å². The Kier molecular flexibility index (Phi) is 4.11. The molecule has 1 heterocycles. The number of piperidine rings is 1. The van der Waals surface area contributed by atoms with Gasteiger partial charge in [0.05, 0.1) is 6.54 Å². The van der Waals surface area contributed by atoms with E-state index < -0.39 is 0 Å². The van der Waals surface area contributed by atoms with Crippen molar-refractivity contribution in [3.05, 3.63) is 66.2 Å². The summed E-state index contributed by atoms with van der Waals surface area (Å²) in [5, 5.41) is 3.42. The fourth-order valence-corrected chi connectivity index (χ4v) is 4.03. The van der Waals surface area contributed by atoms with E-state index in [-0.39, 0.29) is 11.3 Å². The molecule has 0 radical (unpaired) electrons. The number of carbonyl (C=O) groups excluding carboxylic acids is 1. The topological polar surface area (TPSA) is 32.3 Å². The van der Waals surface area contributed by atoms with Crippen LogP contribution in [0.1, 0.15) is 24.8 Å². The molecule has 1 saturated carbocycles. The van der Waals surface area contributed by atoms with Crippen molar-refractivity contribution in [3.8, 4) is 0 Å². The maximum absolute atomic E-state index is 13.3. The van der Waals surface area contributed by atoms with Gasteiger partial charge in [0.25, 0.3) is 0 Å². The highest BCUT2D eigenvalue weighted by molar-refractivity contribution is 5.97. The van der Waals surface area contributed by atoms with Crippen molar-refractivity contribution in [1.29, 1.82) is 0 Å². The molecule has 0 bridgehead atoms. The summed E-state index contributed by atoms with van der Waals surface area (Å²) < 4.78 is 0. The fraction of sp³-hybridized carbons (Fsp3) is 0.381. The number of anilines is 1. The second-order valence-electron chi connectivity index (χ2n) is 7.11. The smallest absolute Gasteiger partial charge is 0.230 e. The third-order valence-corrected chi connectivity index (χ3v) is 5.60. The van der Waals surface area contributed by atoms with Crippen LogP contribution in [-0.2, 0) is 11.3 Å². The molecule has 2 aromatic carbocycles. The molecule has 1 unspecified atom stereocenters. The molecule has 1 atom stereocenters. The molecule has 1 saturated heterocycles. The predicted octanol–water partition coefficient (Wildman–Crippen LogP) is 3.61. The molecule has 124 valence electrons. The van der Waals surface area contributed by atoms with Crippen LogP contribution in [0.3, 0.4) is 0 Å². The molecule has 4 rings (SSSR count). The zero-order valence-electron chi connectivity index (χ0n) is 13.9. The van der Waals surface area contributed by atoms with Crippen molar-refractivity contribution in [2.45, 2.75) is 25.8 Å². The standard InChI is InChI=1S/C21H24N2O/c24-20(19-15-21(19)11-13-22-14-12-21)23(18-9-5-2-6-10-18)16-17-7-3-1-4-8-17/h1-10,19,22H,11-16H2. The van der Waals surface area contributed by atoms with E-state index in [2.05, 4.69) is 17.4 Å². The molecular weight excluding hydrogens is 296 g/mol. The average Bonchev–Trinajstić information content (AvgIpc) is 3.34. The Bertz CT molecular complexity index is 692. The number of nitrogens with one attached hydrogen (secondary N) is 1. The third-order valence-electron chi connectivity index (χ3n) is 5.60. The Hall–Kier alpha value is -2.13. The van der Waals surface area contributed by atoms with Crippen LogP contribution >= 0.6 is 0 Å². The van der Waals surface area contributed by atoms with Crippen LogP contribution in [0, 0.1) is 11.3 Å². The number of benzene rings is 2. The normalized spacial score (nSPS) is 21.4. The Labute approximate surface area is 143 Å². The molecule has 1 spiro atoms. The van der Waals surface area contributed by atoms with Crippen LogP contribution in [0.15, 0.2) is 60.7 Å². The van der Waals surface area contributed by atoms with Crippen molar-refractivity contribution in [1.82, 2.24) is 5.32 Å². The quantitative estimate of drug-likeness (QED) is 0.933. The van der Waals surface area contributed by atoms with Gasteiger partial charge in [0.15, 0.2) is 0 Å². The monoisotopic (exact) mass is 320 g/mol. The summed E-state index contributed by atoms with van der Waals surface area (Å²) in [6.07, 6.45) is 3.33. The number of rotatable bonds is 4. The summed E-state index contributed by atoms with van der Waals surface area (Å²) in [6, 6.07) is 20.4. The van der Waals surface area contributed by atoms with Crippen molar-refractivity contribution in [3.63, 3.8) is 0 Å². The largest absolute Gasteiger partial charge is 0.317 e. The van der Waals surface area contributed by atoms with E-state index in [1.54, 1.807) is 0 Å². The van der Waals surface area contributed by atoms with Gasteiger partial charge in [0.2, 0.25) is 5.91 Å². The predicted molar refractivity (Wildman–Crippen MR) is 96.7 cm³/mol. The summed E-state index contributed by atoms with van der Waals surface area (Å²) >= 11 is 0. The highest BCUT2D eigenvalue weighted by Gasteiger charge is 2.58. The second-order valence-corrected chi connectivity index (χ2v) is 7.11. The number of hydrogen-bond donors (Lipinski definition) is 1. The highest BCUT2D eigenvalue weighted by Crippen LogP contribution is 2.59. The van der Waals surface area contributed by atoms with Gasteiger partial charge in [-0.2, -0.15) is 0 Å². The number of carbonyl (C=O) groups is 1.